The topological polar surface area (TPSA) is 79.2 Å². The highest BCUT2D eigenvalue weighted by molar-refractivity contribution is 5.82. The molecule has 0 bridgehead atoms. The molecule has 1 fully saturated rings. The predicted molar refractivity (Wildman–Crippen MR) is 103 cm³/mol. The summed E-state index contributed by atoms with van der Waals surface area (Å²) in [7, 11) is 1.82. The maximum absolute atomic E-state index is 11.9. The fourth-order valence-corrected chi connectivity index (χ4v) is 2.95. The van der Waals surface area contributed by atoms with Crippen LogP contribution in [0.3, 0.4) is 0 Å². The maximum atomic E-state index is 11.9. The first kappa shape index (κ1) is 17.0. The van der Waals surface area contributed by atoms with E-state index in [1.54, 1.807) is 11.1 Å². The summed E-state index contributed by atoms with van der Waals surface area (Å²) in [5.74, 6) is 1.61. The van der Waals surface area contributed by atoms with Gasteiger partial charge in [-0.05, 0) is 23.8 Å². The van der Waals surface area contributed by atoms with Crippen LogP contribution in [0.2, 0.25) is 0 Å². The minimum absolute atomic E-state index is 0.103. The van der Waals surface area contributed by atoms with E-state index in [2.05, 4.69) is 32.5 Å². The molecular weight excluding hydrogens is 342 g/mol. The number of carbonyl (C=O) groups is 1. The van der Waals surface area contributed by atoms with Crippen molar-refractivity contribution in [2.45, 2.75) is 6.54 Å². The van der Waals surface area contributed by atoms with E-state index < -0.39 is 0 Å². The van der Waals surface area contributed by atoms with Crippen molar-refractivity contribution >= 4 is 17.5 Å². The fourth-order valence-electron chi connectivity index (χ4n) is 2.95. The largest absolute Gasteiger partial charge is 0.366 e. The van der Waals surface area contributed by atoms with E-state index in [0.29, 0.717) is 19.6 Å². The Balaban J connectivity index is 1.39. The minimum atomic E-state index is 0.103. The van der Waals surface area contributed by atoms with Gasteiger partial charge in [-0.3, -0.25) is 4.79 Å². The molecule has 1 aromatic carbocycles. The molecule has 1 aliphatic heterocycles. The number of rotatable bonds is 5. The molecule has 3 aromatic rings. The third-order valence-electron chi connectivity index (χ3n) is 4.61. The molecule has 8 heteroatoms. The summed E-state index contributed by atoms with van der Waals surface area (Å²) in [6.07, 6.45) is 5.20. The molecule has 138 valence electrons. The van der Waals surface area contributed by atoms with Crippen LogP contribution in [0.15, 0.2) is 55.1 Å². The van der Waals surface area contributed by atoms with Crippen LogP contribution in [0.1, 0.15) is 5.56 Å². The monoisotopic (exact) mass is 363 g/mol. The Morgan fingerprint density at radius 2 is 2.00 bits per heavy atom. The van der Waals surface area contributed by atoms with Gasteiger partial charge in [0.15, 0.2) is 0 Å². The van der Waals surface area contributed by atoms with Gasteiger partial charge in [0.1, 0.15) is 18.0 Å². The van der Waals surface area contributed by atoms with Gasteiger partial charge in [-0.15, -0.1) is 0 Å². The van der Waals surface area contributed by atoms with E-state index in [-0.39, 0.29) is 5.91 Å². The first-order valence-corrected chi connectivity index (χ1v) is 8.83. The van der Waals surface area contributed by atoms with Gasteiger partial charge in [-0.2, -0.15) is 5.10 Å². The number of amides is 1. The third kappa shape index (κ3) is 3.89. The van der Waals surface area contributed by atoms with Crippen LogP contribution >= 0.6 is 0 Å². The molecule has 2 aromatic heterocycles. The van der Waals surface area contributed by atoms with Gasteiger partial charge >= 0.3 is 0 Å². The number of benzene rings is 1. The second-order valence-corrected chi connectivity index (χ2v) is 6.47. The zero-order chi connectivity index (χ0) is 18.6. The van der Waals surface area contributed by atoms with Crippen LogP contribution in [0.25, 0.3) is 5.69 Å². The summed E-state index contributed by atoms with van der Waals surface area (Å²) in [5, 5.41) is 7.55. The normalized spacial score (nSPS) is 14.5. The number of hydrogen-bond acceptors (Lipinski definition) is 6. The molecule has 0 unspecified atom stereocenters. The van der Waals surface area contributed by atoms with Crippen LogP contribution in [-0.2, 0) is 11.3 Å². The van der Waals surface area contributed by atoms with Gasteiger partial charge in [0.05, 0.1) is 12.2 Å². The quantitative estimate of drug-likeness (QED) is 0.741. The number of carbonyl (C=O) groups excluding carboxylic acids is 1. The van der Waals surface area contributed by atoms with Crippen LogP contribution in [-0.4, -0.2) is 57.2 Å². The lowest BCUT2D eigenvalue weighted by atomic mass is 10.2. The third-order valence-corrected chi connectivity index (χ3v) is 4.61. The average Bonchev–Trinajstić information content (AvgIpc) is 3.24. The van der Waals surface area contributed by atoms with Crippen molar-refractivity contribution in [3.63, 3.8) is 0 Å². The molecule has 4 rings (SSSR count). The number of piperazine rings is 1. The van der Waals surface area contributed by atoms with Crippen molar-refractivity contribution in [1.29, 1.82) is 0 Å². The van der Waals surface area contributed by atoms with E-state index in [1.165, 1.54) is 6.33 Å². The summed E-state index contributed by atoms with van der Waals surface area (Å²) in [5.41, 5.74) is 2.16. The Morgan fingerprint density at radius 1 is 1.15 bits per heavy atom. The van der Waals surface area contributed by atoms with Gasteiger partial charge < -0.3 is 15.1 Å². The summed E-state index contributed by atoms with van der Waals surface area (Å²) >= 11 is 0. The highest BCUT2D eigenvalue weighted by atomic mass is 16.2. The molecular formula is C19H21N7O. The Hall–Kier alpha value is -3.42. The first-order valence-electron chi connectivity index (χ1n) is 8.83. The van der Waals surface area contributed by atoms with Gasteiger partial charge in [0, 0.05) is 45.1 Å². The van der Waals surface area contributed by atoms with Gasteiger partial charge in [0.2, 0.25) is 5.91 Å². The SMILES string of the molecule is CN1CCN(c2cc(NCc3ccc(-n4cccn4)cc3)ncn2)CC1=O. The summed E-state index contributed by atoms with van der Waals surface area (Å²) in [4.78, 5) is 24.2. The number of hydrogen-bond donors (Lipinski definition) is 1. The molecule has 0 radical (unpaired) electrons. The summed E-state index contributed by atoms with van der Waals surface area (Å²) < 4.78 is 1.82. The van der Waals surface area contributed by atoms with Crippen molar-refractivity contribution in [2.75, 3.05) is 36.9 Å². The lowest BCUT2D eigenvalue weighted by molar-refractivity contribution is -0.129. The molecule has 8 nitrogen and oxygen atoms in total. The molecule has 3 heterocycles. The number of aromatic nitrogens is 4. The Morgan fingerprint density at radius 3 is 2.74 bits per heavy atom. The van der Waals surface area contributed by atoms with Crippen LogP contribution in [0.5, 0.6) is 0 Å². The van der Waals surface area contributed by atoms with Crippen LogP contribution in [0.4, 0.5) is 11.6 Å². The number of likely N-dealkylation sites (N-methyl/N-ethyl adjacent to an activating group) is 1. The average molecular weight is 363 g/mol. The highest BCUT2D eigenvalue weighted by Crippen LogP contribution is 2.17. The first-order chi connectivity index (χ1) is 13.2. The molecule has 0 aliphatic carbocycles. The number of anilines is 2. The van der Waals surface area contributed by atoms with Crippen LogP contribution < -0.4 is 10.2 Å². The lowest BCUT2D eigenvalue weighted by Crippen LogP contribution is -2.48. The zero-order valence-corrected chi connectivity index (χ0v) is 15.1. The van der Waals surface area contributed by atoms with Crippen molar-refractivity contribution in [3.8, 4) is 5.69 Å². The molecule has 1 aliphatic rings. The molecule has 0 spiro atoms. The number of nitrogens with one attached hydrogen (secondary N) is 1. The van der Waals surface area contributed by atoms with E-state index in [4.69, 9.17) is 0 Å². The second kappa shape index (κ2) is 7.45. The zero-order valence-electron chi connectivity index (χ0n) is 15.1. The van der Waals surface area contributed by atoms with E-state index in [0.717, 1.165) is 29.4 Å². The van der Waals surface area contributed by atoms with Crippen molar-refractivity contribution in [1.82, 2.24) is 24.6 Å². The highest BCUT2D eigenvalue weighted by Gasteiger charge is 2.22. The summed E-state index contributed by atoms with van der Waals surface area (Å²) in [6.45, 7) is 2.47. The minimum Gasteiger partial charge on any atom is -0.366 e. The Labute approximate surface area is 157 Å². The van der Waals surface area contributed by atoms with E-state index in [1.807, 2.05) is 47.1 Å². The smallest absolute Gasteiger partial charge is 0.241 e. The molecule has 0 saturated carbocycles. The molecule has 1 amide bonds. The van der Waals surface area contributed by atoms with Crippen molar-refractivity contribution in [3.05, 3.63) is 60.7 Å². The molecule has 1 N–H and O–H groups in total. The maximum Gasteiger partial charge on any atom is 0.241 e. The molecule has 1 saturated heterocycles. The van der Waals surface area contributed by atoms with Gasteiger partial charge in [-0.1, -0.05) is 12.1 Å². The number of nitrogens with zero attached hydrogens (tertiary/aromatic N) is 6. The van der Waals surface area contributed by atoms with Crippen molar-refractivity contribution in [2.24, 2.45) is 0 Å². The van der Waals surface area contributed by atoms with Crippen LogP contribution in [0, 0.1) is 0 Å². The van der Waals surface area contributed by atoms with E-state index in [9.17, 15) is 4.79 Å². The standard InChI is InChI=1S/C19H21N7O/c1-24-9-10-25(13-19(24)27)18-11-17(21-14-22-18)20-12-15-3-5-16(6-4-15)26-8-2-7-23-26/h2-8,11,14H,9-10,12-13H2,1H3,(H,20,21,22). The Kier molecular flexibility index (Phi) is 4.69. The predicted octanol–water partition coefficient (Wildman–Crippen LogP) is 1.55. The molecule has 27 heavy (non-hydrogen) atoms. The second-order valence-electron chi connectivity index (χ2n) is 6.47. The molecule has 0 atom stereocenters. The fraction of sp³-hybridized carbons (Fsp3) is 0.263. The summed E-state index contributed by atoms with van der Waals surface area (Å²) in [6, 6.07) is 12.0. The lowest BCUT2D eigenvalue weighted by Gasteiger charge is -2.32. The van der Waals surface area contributed by atoms with Crippen molar-refractivity contribution < 1.29 is 4.79 Å². The Bertz CT molecular complexity index is 908. The van der Waals surface area contributed by atoms with Gasteiger partial charge in [-0.25, -0.2) is 14.6 Å². The van der Waals surface area contributed by atoms with E-state index >= 15 is 0 Å². The van der Waals surface area contributed by atoms with Gasteiger partial charge in [0.25, 0.3) is 0 Å².